The Morgan fingerprint density at radius 1 is 1.19 bits per heavy atom. The van der Waals surface area contributed by atoms with Gasteiger partial charge in [0.15, 0.2) is 5.65 Å². The van der Waals surface area contributed by atoms with E-state index < -0.39 is 0 Å². The number of aromatic nitrogens is 5. The highest BCUT2D eigenvalue weighted by molar-refractivity contribution is 7.15. The lowest BCUT2D eigenvalue weighted by atomic mass is 9.50. The van der Waals surface area contributed by atoms with Gasteiger partial charge in [0.1, 0.15) is 5.01 Å². The first kappa shape index (κ1) is 19.2. The lowest BCUT2D eigenvalue weighted by Crippen LogP contribution is -2.48. The van der Waals surface area contributed by atoms with Crippen molar-refractivity contribution in [2.24, 2.45) is 17.8 Å². The van der Waals surface area contributed by atoms with Crippen molar-refractivity contribution in [3.05, 3.63) is 38.4 Å². The van der Waals surface area contributed by atoms with Gasteiger partial charge < -0.3 is 5.32 Å². The Bertz CT molecular complexity index is 1220. The van der Waals surface area contributed by atoms with Gasteiger partial charge in [0.25, 0.3) is 5.56 Å². The van der Waals surface area contributed by atoms with Gasteiger partial charge in [0.2, 0.25) is 11.0 Å². The molecule has 0 aliphatic heterocycles. The summed E-state index contributed by atoms with van der Waals surface area (Å²) in [6, 6.07) is 1.46. The van der Waals surface area contributed by atoms with Crippen LogP contribution in [0.15, 0.2) is 10.9 Å². The Kier molecular flexibility index (Phi) is 4.15. The molecule has 3 aromatic heterocycles. The first-order valence-corrected chi connectivity index (χ1v) is 11.9. The van der Waals surface area contributed by atoms with Gasteiger partial charge >= 0.3 is 0 Å². The Morgan fingerprint density at radius 3 is 2.55 bits per heavy atom. The van der Waals surface area contributed by atoms with Gasteiger partial charge in [-0.25, -0.2) is 9.50 Å². The number of hydrogen-bond acceptors (Lipinski definition) is 6. The van der Waals surface area contributed by atoms with Crippen molar-refractivity contribution in [2.45, 2.75) is 64.2 Å². The number of rotatable bonds is 4. The molecule has 3 aromatic rings. The smallest absolute Gasteiger partial charge is 0.266 e. The van der Waals surface area contributed by atoms with Crippen LogP contribution in [0.5, 0.6) is 0 Å². The van der Waals surface area contributed by atoms with Gasteiger partial charge in [0.05, 0.1) is 6.42 Å². The summed E-state index contributed by atoms with van der Waals surface area (Å²) >= 11 is 1.55. The third-order valence-corrected chi connectivity index (χ3v) is 8.79. The number of carbonyl (C=O) groups excluding carboxylic acids is 1. The molecule has 7 rings (SSSR count). The Labute approximate surface area is 183 Å². The van der Waals surface area contributed by atoms with Crippen LogP contribution >= 0.6 is 11.3 Å². The quantitative estimate of drug-likeness (QED) is 0.651. The predicted octanol–water partition coefficient (Wildman–Crippen LogP) is 3.14. The largest absolute Gasteiger partial charge is 0.300 e. The molecular formula is C22H26N6O2S. The van der Waals surface area contributed by atoms with Crippen molar-refractivity contribution in [1.29, 1.82) is 0 Å². The van der Waals surface area contributed by atoms with Crippen molar-refractivity contribution in [3.8, 4) is 0 Å². The fraction of sp³-hybridized carbons (Fsp3) is 0.591. The molecule has 4 aliphatic carbocycles. The molecule has 2 N–H and O–H groups in total. The molecule has 4 aliphatic rings. The number of carbonyl (C=O) groups is 1. The Morgan fingerprint density at radius 2 is 1.87 bits per heavy atom. The zero-order valence-electron chi connectivity index (χ0n) is 17.8. The average Bonchev–Trinajstić information content (AvgIpc) is 3.31. The minimum Gasteiger partial charge on any atom is -0.300 e. The standard InChI is InChI=1S/C22H26N6O2S/c1-11-16(12(2)28-17(23-11)7-19(30)27-28)6-18(29)24-21-26-25-20(31-21)22-8-13-3-14(9-22)5-15(4-13)10-22/h7,13-15H,3-6,8-10H2,1-2H3,(H,27,30)(H,24,26,29). The summed E-state index contributed by atoms with van der Waals surface area (Å²) in [5.41, 5.74) is 2.92. The van der Waals surface area contributed by atoms with E-state index in [1.54, 1.807) is 15.9 Å². The fourth-order valence-corrected chi connectivity index (χ4v) is 7.77. The minimum atomic E-state index is -0.206. The maximum absolute atomic E-state index is 12.8. The summed E-state index contributed by atoms with van der Waals surface area (Å²) in [6.45, 7) is 3.75. The van der Waals surface area contributed by atoms with E-state index in [9.17, 15) is 9.59 Å². The van der Waals surface area contributed by atoms with E-state index in [1.165, 1.54) is 44.6 Å². The van der Waals surface area contributed by atoms with Crippen molar-refractivity contribution < 1.29 is 4.79 Å². The second-order valence-corrected chi connectivity index (χ2v) is 10.9. The molecule has 9 heteroatoms. The number of nitrogens with one attached hydrogen (secondary N) is 2. The molecule has 3 heterocycles. The molecule has 4 fully saturated rings. The molecule has 4 bridgehead atoms. The highest BCUT2D eigenvalue weighted by Crippen LogP contribution is 2.61. The van der Waals surface area contributed by atoms with E-state index in [2.05, 4.69) is 25.6 Å². The molecular weight excluding hydrogens is 412 g/mol. The summed E-state index contributed by atoms with van der Waals surface area (Å²) in [5.74, 6) is 2.40. The average molecular weight is 439 g/mol. The first-order chi connectivity index (χ1) is 14.9. The molecule has 8 nitrogen and oxygen atoms in total. The summed E-state index contributed by atoms with van der Waals surface area (Å²) in [5, 5.41) is 16.2. The van der Waals surface area contributed by atoms with Crippen molar-refractivity contribution >= 4 is 28.0 Å². The van der Waals surface area contributed by atoms with Crippen molar-refractivity contribution in [2.75, 3.05) is 5.32 Å². The van der Waals surface area contributed by atoms with Gasteiger partial charge in [-0.3, -0.25) is 14.7 Å². The molecule has 1 amide bonds. The third-order valence-electron chi connectivity index (χ3n) is 7.70. The number of hydrogen-bond donors (Lipinski definition) is 2. The predicted molar refractivity (Wildman–Crippen MR) is 117 cm³/mol. The minimum absolute atomic E-state index is 0.143. The molecule has 0 saturated heterocycles. The number of nitrogens with zero attached hydrogens (tertiary/aromatic N) is 4. The normalized spacial score (nSPS) is 29.0. The summed E-state index contributed by atoms with van der Waals surface area (Å²) in [7, 11) is 0. The van der Waals surface area contributed by atoms with Crippen LogP contribution in [0.2, 0.25) is 0 Å². The second kappa shape index (κ2) is 6.72. The monoisotopic (exact) mass is 438 g/mol. The van der Waals surface area contributed by atoms with E-state index in [0.29, 0.717) is 10.8 Å². The van der Waals surface area contributed by atoms with Gasteiger partial charge in [0, 0.05) is 28.4 Å². The number of aromatic amines is 1. The number of anilines is 1. The van der Waals surface area contributed by atoms with Crippen molar-refractivity contribution in [3.63, 3.8) is 0 Å². The van der Waals surface area contributed by atoms with E-state index in [0.717, 1.165) is 39.7 Å². The fourth-order valence-electron chi connectivity index (χ4n) is 6.80. The summed E-state index contributed by atoms with van der Waals surface area (Å²) in [6.07, 6.45) is 8.07. The third kappa shape index (κ3) is 3.12. The molecule has 162 valence electrons. The lowest BCUT2D eigenvalue weighted by Gasteiger charge is -2.55. The number of amides is 1. The zero-order valence-corrected chi connectivity index (χ0v) is 18.6. The highest BCUT2D eigenvalue weighted by Gasteiger charge is 2.53. The number of fused-ring (bicyclic) bond motifs is 1. The lowest BCUT2D eigenvalue weighted by molar-refractivity contribution is -0.115. The SMILES string of the molecule is Cc1nc2cc(=O)[nH]n2c(C)c1CC(=O)Nc1nnc(C23CC4CC(CC(C4)C2)C3)s1. The van der Waals surface area contributed by atoms with E-state index in [-0.39, 0.29) is 23.3 Å². The zero-order chi connectivity index (χ0) is 21.3. The second-order valence-electron chi connectivity index (χ2n) is 9.91. The van der Waals surface area contributed by atoms with Crippen LogP contribution in [0, 0.1) is 31.6 Å². The molecule has 31 heavy (non-hydrogen) atoms. The van der Waals surface area contributed by atoms with Crippen LogP contribution in [-0.2, 0) is 16.6 Å². The van der Waals surface area contributed by atoms with Gasteiger partial charge in [-0.15, -0.1) is 10.2 Å². The van der Waals surface area contributed by atoms with Gasteiger partial charge in [-0.05, 0) is 70.1 Å². The van der Waals surface area contributed by atoms with E-state index in [1.807, 2.05) is 13.8 Å². The van der Waals surface area contributed by atoms with Crippen LogP contribution < -0.4 is 10.9 Å². The maximum Gasteiger partial charge on any atom is 0.266 e. The summed E-state index contributed by atoms with van der Waals surface area (Å²) in [4.78, 5) is 28.9. The van der Waals surface area contributed by atoms with Crippen molar-refractivity contribution in [1.82, 2.24) is 24.8 Å². The van der Waals surface area contributed by atoms with E-state index in [4.69, 9.17) is 0 Å². The van der Waals surface area contributed by atoms with Crippen LogP contribution in [0.1, 0.15) is 60.5 Å². The summed E-state index contributed by atoms with van der Waals surface area (Å²) < 4.78 is 1.63. The molecule has 0 radical (unpaired) electrons. The van der Waals surface area contributed by atoms with Crippen LogP contribution in [0.3, 0.4) is 0 Å². The number of H-pyrrole nitrogens is 1. The van der Waals surface area contributed by atoms with Crippen LogP contribution in [0.4, 0.5) is 5.13 Å². The maximum atomic E-state index is 12.8. The van der Waals surface area contributed by atoms with E-state index >= 15 is 0 Å². The van der Waals surface area contributed by atoms with Crippen LogP contribution in [0.25, 0.3) is 5.65 Å². The topological polar surface area (TPSA) is 105 Å². The Hall–Kier alpha value is -2.55. The van der Waals surface area contributed by atoms with Crippen LogP contribution in [-0.4, -0.2) is 30.7 Å². The number of aryl methyl sites for hydroxylation is 2. The highest BCUT2D eigenvalue weighted by atomic mass is 32.1. The molecule has 0 spiro atoms. The molecule has 0 aromatic carbocycles. The van der Waals surface area contributed by atoms with Gasteiger partial charge in [-0.2, -0.15) is 0 Å². The first-order valence-electron chi connectivity index (χ1n) is 11.1. The molecule has 0 atom stereocenters. The molecule has 0 unspecified atom stereocenters. The Balaban J connectivity index is 1.21. The molecule has 4 saturated carbocycles. The van der Waals surface area contributed by atoms with Gasteiger partial charge in [-0.1, -0.05) is 11.3 Å².